The molecule has 0 amide bonds. The number of phenols is 1. The van der Waals surface area contributed by atoms with Crippen LogP contribution in [-0.2, 0) is 0 Å². The molecule has 2 rings (SSSR count). The third-order valence-electron chi connectivity index (χ3n) is 2.92. The van der Waals surface area contributed by atoms with Gasteiger partial charge >= 0.3 is 0 Å². The monoisotopic (exact) mass is 251 g/mol. The summed E-state index contributed by atoms with van der Waals surface area (Å²) in [6.07, 6.45) is 1.73. The normalized spacial score (nSPS) is 11.6. The van der Waals surface area contributed by atoms with Crippen LogP contribution >= 0.6 is 0 Å². The van der Waals surface area contributed by atoms with Gasteiger partial charge in [0.2, 0.25) is 0 Å². The Labute approximate surface area is 113 Å². The lowest BCUT2D eigenvalue weighted by Crippen LogP contribution is -2.11. The van der Waals surface area contributed by atoms with Gasteiger partial charge in [0.15, 0.2) is 0 Å². The highest BCUT2D eigenvalue weighted by Gasteiger charge is 2.13. The number of rotatable bonds is 5. The lowest BCUT2D eigenvalue weighted by atomic mass is 9.99. The third kappa shape index (κ3) is 3.26. The number of para-hydroxylation sites is 1. The Kier molecular flexibility index (Phi) is 4.04. The van der Waals surface area contributed by atoms with Crippen molar-refractivity contribution >= 4 is 5.69 Å². The quantitative estimate of drug-likeness (QED) is 0.777. The van der Waals surface area contributed by atoms with E-state index in [0.717, 1.165) is 16.8 Å². The molecule has 1 atom stereocenters. The third-order valence-corrected chi connectivity index (χ3v) is 2.92. The van der Waals surface area contributed by atoms with Gasteiger partial charge in [-0.05, 0) is 35.4 Å². The van der Waals surface area contributed by atoms with E-state index in [1.165, 1.54) is 0 Å². The largest absolute Gasteiger partial charge is 0.508 e. The molecule has 0 heterocycles. The van der Waals surface area contributed by atoms with E-state index in [1.54, 1.807) is 18.2 Å². The Hall–Kier alpha value is -2.48. The van der Waals surface area contributed by atoms with Crippen molar-refractivity contribution in [1.29, 1.82) is 0 Å². The zero-order chi connectivity index (χ0) is 13.7. The van der Waals surface area contributed by atoms with Gasteiger partial charge < -0.3 is 10.4 Å². The maximum atomic E-state index is 9.60. The summed E-state index contributed by atoms with van der Waals surface area (Å²) >= 11 is 0. The van der Waals surface area contributed by atoms with Gasteiger partial charge in [0, 0.05) is 5.69 Å². The molecule has 2 aromatic rings. The summed E-state index contributed by atoms with van der Waals surface area (Å²) in [5.41, 5.74) is 2.81. The fourth-order valence-electron chi connectivity index (χ4n) is 1.91. The summed E-state index contributed by atoms with van der Waals surface area (Å²) in [5, 5.41) is 13.0. The number of nitrogens with one attached hydrogen (secondary N) is 1. The predicted molar refractivity (Wildman–Crippen MR) is 80.2 cm³/mol. The summed E-state index contributed by atoms with van der Waals surface area (Å²) in [6.45, 7) is 7.78. The Balaban J connectivity index is 2.31. The van der Waals surface area contributed by atoms with Crippen LogP contribution < -0.4 is 5.32 Å². The first-order valence-electron chi connectivity index (χ1n) is 6.12. The standard InChI is InChI=1S/C17H17NO/c1-3-13(2)17(14-8-7-11-16(19)12-14)18-15-9-5-4-6-10-15/h3-12,17-19H,1-2H2. The molecule has 2 aromatic carbocycles. The molecule has 0 saturated carbocycles. The van der Waals surface area contributed by atoms with Crippen molar-refractivity contribution in [2.75, 3.05) is 5.32 Å². The van der Waals surface area contributed by atoms with Crippen LogP contribution in [0.25, 0.3) is 0 Å². The summed E-state index contributed by atoms with van der Waals surface area (Å²) in [7, 11) is 0. The van der Waals surface area contributed by atoms with Gasteiger partial charge in [0.1, 0.15) is 5.75 Å². The van der Waals surface area contributed by atoms with Gasteiger partial charge in [-0.2, -0.15) is 0 Å². The van der Waals surface area contributed by atoms with Gasteiger partial charge in [-0.3, -0.25) is 0 Å². The Morgan fingerprint density at radius 3 is 2.47 bits per heavy atom. The summed E-state index contributed by atoms with van der Waals surface area (Å²) < 4.78 is 0. The van der Waals surface area contributed by atoms with Crippen LogP contribution in [-0.4, -0.2) is 5.11 Å². The molecule has 0 aromatic heterocycles. The summed E-state index contributed by atoms with van der Waals surface area (Å²) in [6, 6.07) is 16.9. The second-order valence-corrected chi connectivity index (χ2v) is 4.32. The van der Waals surface area contributed by atoms with E-state index >= 15 is 0 Å². The molecule has 1 unspecified atom stereocenters. The highest BCUT2D eigenvalue weighted by atomic mass is 16.3. The molecule has 0 aliphatic carbocycles. The molecule has 0 aliphatic rings. The molecule has 0 fully saturated rings. The molecule has 0 aliphatic heterocycles. The maximum Gasteiger partial charge on any atom is 0.115 e. The van der Waals surface area contributed by atoms with E-state index in [2.05, 4.69) is 18.5 Å². The molecule has 0 spiro atoms. The molecular formula is C17H17NO. The number of hydrogen-bond donors (Lipinski definition) is 2. The lowest BCUT2D eigenvalue weighted by molar-refractivity contribution is 0.474. The average Bonchev–Trinajstić information content (AvgIpc) is 2.45. The van der Waals surface area contributed by atoms with E-state index in [9.17, 15) is 5.11 Å². The number of hydrogen-bond acceptors (Lipinski definition) is 2. The Morgan fingerprint density at radius 2 is 1.84 bits per heavy atom. The van der Waals surface area contributed by atoms with Gasteiger partial charge in [0.25, 0.3) is 0 Å². The summed E-state index contributed by atoms with van der Waals surface area (Å²) in [4.78, 5) is 0. The summed E-state index contributed by atoms with van der Waals surface area (Å²) in [5.74, 6) is 0.245. The molecule has 2 heteroatoms. The zero-order valence-corrected chi connectivity index (χ0v) is 10.7. The molecule has 0 saturated heterocycles. The molecule has 2 nitrogen and oxygen atoms in total. The van der Waals surface area contributed by atoms with Gasteiger partial charge in [0.05, 0.1) is 6.04 Å². The molecule has 0 bridgehead atoms. The maximum absolute atomic E-state index is 9.60. The van der Waals surface area contributed by atoms with Crippen molar-refractivity contribution < 1.29 is 5.11 Å². The fraction of sp³-hybridized carbons (Fsp3) is 0.0588. The molecule has 2 N–H and O–H groups in total. The Morgan fingerprint density at radius 1 is 1.11 bits per heavy atom. The number of aromatic hydroxyl groups is 1. The second-order valence-electron chi connectivity index (χ2n) is 4.32. The number of phenolic OH excluding ortho intramolecular Hbond substituents is 1. The number of anilines is 1. The minimum atomic E-state index is -0.105. The topological polar surface area (TPSA) is 32.3 Å². The smallest absolute Gasteiger partial charge is 0.115 e. The molecular weight excluding hydrogens is 234 g/mol. The van der Waals surface area contributed by atoms with Crippen LogP contribution in [0, 0.1) is 0 Å². The van der Waals surface area contributed by atoms with E-state index in [1.807, 2.05) is 42.5 Å². The van der Waals surface area contributed by atoms with Gasteiger partial charge in [-0.15, -0.1) is 0 Å². The van der Waals surface area contributed by atoms with Crippen molar-refractivity contribution in [3.8, 4) is 5.75 Å². The van der Waals surface area contributed by atoms with Crippen LogP contribution in [0.3, 0.4) is 0 Å². The Bertz CT molecular complexity index is 575. The van der Waals surface area contributed by atoms with Crippen molar-refractivity contribution in [2.24, 2.45) is 0 Å². The van der Waals surface area contributed by atoms with Gasteiger partial charge in [-0.1, -0.05) is 49.6 Å². The van der Waals surface area contributed by atoms with Crippen LogP contribution in [0.5, 0.6) is 5.75 Å². The van der Waals surface area contributed by atoms with Crippen LogP contribution in [0.15, 0.2) is 79.4 Å². The fourth-order valence-corrected chi connectivity index (χ4v) is 1.91. The molecule has 19 heavy (non-hydrogen) atoms. The molecule has 96 valence electrons. The minimum Gasteiger partial charge on any atom is -0.508 e. The van der Waals surface area contributed by atoms with E-state index in [4.69, 9.17) is 0 Å². The average molecular weight is 251 g/mol. The van der Waals surface area contributed by atoms with Crippen molar-refractivity contribution in [3.63, 3.8) is 0 Å². The minimum absolute atomic E-state index is 0.105. The molecule has 0 radical (unpaired) electrons. The first-order valence-corrected chi connectivity index (χ1v) is 6.12. The highest BCUT2D eigenvalue weighted by Crippen LogP contribution is 2.28. The van der Waals surface area contributed by atoms with Crippen LogP contribution in [0.1, 0.15) is 11.6 Å². The van der Waals surface area contributed by atoms with Crippen LogP contribution in [0.4, 0.5) is 5.69 Å². The first-order chi connectivity index (χ1) is 9.20. The second kappa shape index (κ2) is 5.91. The highest BCUT2D eigenvalue weighted by molar-refractivity contribution is 5.50. The van der Waals surface area contributed by atoms with Gasteiger partial charge in [-0.25, -0.2) is 0 Å². The zero-order valence-electron chi connectivity index (χ0n) is 10.7. The van der Waals surface area contributed by atoms with Crippen LogP contribution in [0.2, 0.25) is 0 Å². The van der Waals surface area contributed by atoms with Crippen molar-refractivity contribution in [3.05, 3.63) is 85.0 Å². The van der Waals surface area contributed by atoms with Crippen molar-refractivity contribution in [2.45, 2.75) is 6.04 Å². The van der Waals surface area contributed by atoms with Crippen molar-refractivity contribution in [1.82, 2.24) is 0 Å². The van der Waals surface area contributed by atoms with E-state index in [0.29, 0.717) is 0 Å². The number of benzene rings is 2. The first kappa shape index (κ1) is 13.0. The predicted octanol–water partition coefficient (Wildman–Crippen LogP) is 4.29. The SMILES string of the molecule is C=CC(=C)C(Nc1ccccc1)c1cccc(O)c1. The van der Waals surface area contributed by atoms with E-state index < -0.39 is 0 Å². The lowest BCUT2D eigenvalue weighted by Gasteiger charge is -2.21. The van der Waals surface area contributed by atoms with E-state index in [-0.39, 0.29) is 11.8 Å².